The number of anilines is 2. The summed E-state index contributed by atoms with van der Waals surface area (Å²) < 4.78 is 0. The minimum absolute atomic E-state index is 0.105. The third kappa shape index (κ3) is 4.98. The van der Waals surface area contributed by atoms with Crippen molar-refractivity contribution in [3.63, 3.8) is 0 Å². The molecule has 1 aromatic heterocycles. The number of carbonyl (C=O) groups is 1. The highest BCUT2D eigenvalue weighted by Gasteiger charge is 2.31. The molecule has 1 N–H and O–H groups in total. The molecule has 1 aliphatic rings. The molecule has 9 heteroatoms. The van der Waals surface area contributed by atoms with Crippen molar-refractivity contribution in [1.29, 1.82) is 0 Å². The minimum atomic E-state index is -0.567. The van der Waals surface area contributed by atoms with Gasteiger partial charge in [-0.25, -0.2) is 9.98 Å². The molecule has 8 nitrogen and oxygen atoms in total. The van der Waals surface area contributed by atoms with Crippen LogP contribution < -0.4 is 10.2 Å². The number of rotatable bonds is 5. The fourth-order valence-electron chi connectivity index (χ4n) is 3.40. The summed E-state index contributed by atoms with van der Waals surface area (Å²) in [5.74, 6) is 1.24. The molecule has 2 heterocycles. The van der Waals surface area contributed by atoms with Crippen molar-refractivity contribution in [1.82, 2.24) is 14.9 Å². The molecule has 0 aliphatic carbocycles. The standard InChI is InChI=1S/C26H30ClN7O/c1-15(2)23-30-24-22(21(31-34(24)32-23)17-10-8-9-11-18(17)27)28-19-13-12-16(33(6)7)14-20(19)29-25(35)26(3,4)5/h8-15H,1-7H3,(H,29,35)/b28-22-. The lowest BCUT2D eigenvalue weighted by atomic mass is 9.95. The van der Waals surface area contributed by atoms with Crippen molar-refractivity contribution in [2.75, 3.05) is 24.3 Å². The number of carbonyl (C=O) groups excluding carboxylic acids is 1. The normalized spacial score (nSPS) is 14.3. The number of nitrogens with zero attached hydrogens (tertiary/aromatic N) is 6. The first-order valence-electron chi connectivity index (χ1n) is 11.5. The van der Waals surface area contributed by atoms with Crippen molar-refractivity contribution in [3.05, 3.63) is 64.7 Å². The van der Waals surface area contributed by atoms with Crippen LogP contribution in [0.2, 0.25) is 5.02 Å². The zero-order chi connectivity index (χ0) is 25.5. The van der Waals surface area contributed by atoms with Gasteiger partial charge >= 0.3 is 0 Å². The van der Waals surface area contributed by atoms with Crippen LogP contribution in [0.1, 0.15) is 57.7 Å². The number of benzene rings is 2. The highest BCUT2D eigenvalue weighted by atomic mass is 35.5. The first-order valence-corrected chi connectivity index (χ1v) is 11.9. The molecule has 1 amide bonds. The van der Waals surface area contributed by atoms with Gasteiger partial charge in [-0.3, -0.25) is 4.79 Å². The summed E-state index contributed by atoms with van der Waals surface area (Å²) in [6, 6.07) is 13.2. The van der Waals surface area contributed by atoms with Gasteiger partial charge in [-0.15, -0.1) is 15.0 Å². The number of amides is 1. The van der Waals surface area contributed by atoms with E-state index in [9.17, 15) is 4.79 Å². The third-order valence-corrected chi connectivity index (χ3v) is 5.87. The fourth-order valence-corrected chi connectivity index (χ4v) is 3.62. The Hall–Kier alpha value is -3.52. The van der Waals surface area contributed by atoms with E-state index in [0.717, 1.165) is 11.3 Å². The molecule has 0 atom stereocenters. The third-order valence-electron chi connectivity index (χ3n) is 5.54. The predicted octanol–water partition coefficient (Wildman–Crippen LogP) is 5.49. The van der Waals surface area contributed by atoms with E-state index in [4.69, 9.17) is 21.6 Å². The van der Waals surface area contributed by atoms with E-state index in [2.05, 4.69) is 15.5 Å². The second-order valence-electron chi connectivity index (χ2n) is 10.0. The van der Waals surface area contributed by atoms with Gasteiger partial charge in [0, 0.05) is 36.7 Å². The molecule has 0 unspecified atom stereocenters. The van der Waals surface area contributed by atoms with Crippen LogP contribution >= 0.6 is 11.6 Å². The van der Waals surface area contributed by atoms with Crippen molar-refractivity contribution in [2.24, 2.45) is 15.5 Å². The molecular weight excluding hydrogens is 462 g/mol. The van der Waals surface area contributed by atoms with Crippen LogP contribution in [0.5, 0.6) is 0 Å². The molecule has 182 valence electrons. The van der Waals surface area contributed by atoms with E-state index in [1.165, 1.54) is 4.79 Å². The Bertz CT molecular complexity index is 1350. The number of halogens is 1. The van der Waals surface area contributed by atoms with E-state index < -0.39 is 5.41 Å². The molecule has 0 spiro atoms. The Morgan fingerprint density at radius 2 is 1.86 bits per heavy atom. The molecular formula is C26H30ClN7O. The van der Waals surface area contributed by atoms with Crippen molar-refractivity contribution in [3.8, 4) is 0 Å². The Morgan fingerprint density at radius 3 is 2.49 bits per heavy atom. The molecule has 35 heavy (non-hydrogen) atoms. The molecule has 4 rings (SSSR count). The van der Waals surface area contributed by atoms with Crippen LogP contribution in [-0.4, -0.2) is 46.3 Å². The molecule has 0 radical (unpaired) electrons. The first kappa shape index (κ1) is 24.6. The quantitative estimate of drug-likeness (QED) is 0.511. The van der Waals surface area contributed by atoms with Gasteiger partial charge < -0.3 is 10.2 Å². The molecule has 3 aromatic rings. The Labute approximate surface area is 210 Å². The maximum absolute atomic E-state index is 12.9. The molecule has 1 aliphatic heterocycles. The highest BCUT2D eigenvalue weighted by Crippen LogP contribution is 2.33. The molecule has 0 fully saturated rings. The number of nitrogens with one attached hydrogen (secondary N) is 1. The van der Waals surface area contributed by atoms with Gasteiger partial charge in [-0.2, -0.15) is 0 Å². The van der Waals surface area contributed by atoms with Crippen LogP contribution in [0.15, 0.2) is 52.6 Å². The largest absolute Gasteiger partial charge is 0.378 e. The van der Waals surface area contributed by atoms with E-state index in [0.29, 0.717) is 39.5 Å². The monoisotopic (exact) mass is 491 g/mol. The fraction of sp³-hybridized carbons (Fsp3) is 0.346. The maximum atomic E-state index is 12.9. The summed E-state index contributed by atoms with van der Waals surface area (Å²) in [6.07, 6.45) is 0. The summed E-state index contributed by atoms with van der Waals surface area (Å²) in [6.45, 7) is 9.68. The Morgan fingerprint density at radius 1 is 1.14 bits per heavy atom. The van der Waals surface area contributed by atoms with Crippen molar-refractivity contribution < 1.29 is 4.79 Å². The zero-order valence-corrected chi connectivity index (χ0v) is 21.8. The summed E-state index contributed by atoms with van der Waals surface area (Å²) in [5.41, 5.74) is 3.41. The first-order chi connectivity index (χ1) is 16.5. The second-order valence-corrected chi connectivity index (χ2v) is 10.4. The number of aromatic nitrogens is 3. The van der Waals surface area contributed by atoms with Crippen molar-refractivity contribution in [2.45, 2.75) is 40.5 Å². The Balaban J connectivity index is 1.89. The van der Waals surface area contributed by atoms with E-state index >= 15 is 0 Å². The summed E-state index contributed by atoms with van der Waals surface area (Å²) in [7, 11) is 3.90. The Kier molecular flexibility index (Phi) is 6.51. The average molecular weight is 492 g/mol. The predicted molar refractivity (Wildman–Crippen MR) is 143 cm³/mol. The van der Waals surface area contributed by atoms with Crippen LogP contribution in [-0.2, 0) is 4.79 Å². The van der Waals surface area contributed by atoms with Crippen LogP contribution in [0.25, 0.3) is 0 Å². The van der Waals surface area contributed by atoms with Gasteiger partial charge in [0.2, 0.25) is 11.7 Å². The van der Waals surface area contributed by atoms with Gasteiger partial charge in [0.05, 0.1) is 16.4 Å². The van der Waals surface area contributed by atoms with E-state index in [1.807, 2.05) is 96.1 Å². The topological polar surface area (TPSA) is 87.8 Å². The molecule has 0 saturated carbocycles. The maximum Gasteiger partial charge on any atom is 0.229 e. The average Bonchev–Trinajstić information content (AvgIpc) is 3.34. The lowest BCUT2D eigenvalue weighted by Crippen LogP contribution is -2.27. The molecule has 0 bridgehead atoms. The van der Waals surface area contributed by atoms with E-state index in [1.54, 1.807) is 0 Å². The second kappa shape index (κ2) is 9.26. The van der Waals surface area contributed by atoms with Crippen LogP contribution in [0.4, 0.5) is 17.1 Å². The van der Waals surface area contributed by atoms with Gasteiger partial charge in [-0.05, 0) is 24.3 Å². The van der Waals surface area contributed by atoms with Gasteiger partial charge in [0.15, 0.2) is 5.82 Å². The molecule has 0 saturated heterocycles. The van der Waals surface area contributed by atoms with Crippen LogP contribution in [0.3, 0.4) is 0 Å². The summed E-state index contributed by atoms with van der Waals surface area (Å²) in [4.78, 5) is 26.0. The smallest absolute Gasteiger partial charge is 0.229 e. The lowest BCUT2D eigenvalue weighted by molar-refractivity contribution is -0.123. The number of hydrogen-bond acceptors (Lipinski definition) is 6. The SMILES string of the molecule is CC(C)c1nc2n(n1)N=C(c1ccccc1Cl)/C2=N/c1ccc(N(C)C)cc1NC(=O)C(C)(C)C. The highest BCUT2D eigenvalue weighted by molar-refractivity contribution is 6.56. The van der Waals surface area contributed by atoms with Crippen molar-refractivity contribution >= 4 is 46.0 Å². The van der Waals surface area contributed by atoms with Gasteiger partial charge in [0.1, 0.15) is 11.4 Å². The number of hydrogen-bond donors (Lipinski definition) is 1. The van der Waals surface area contributed by atoms with E-state index in [-0.39, 0.29) is 11.8 Å². The van der Waals surface area contributed by atoms with Gasteiger partial charge in [0.25, 0.3) is 0 Å². The van der Waals surface area contributed by atoms with Gasteiger partial charge in [-0.1, -0.05) is 64.4 Å². The summed E-state index contributed by atoms with van der Waals surface area (Å²) in [5, 5.41) is 12.8. The number of aliphatic imine (C=N–C) groups is 1. The zero-order valence-electron chi connectivity index (χ0n) is 21.1. The lowest BCUT2D eigenvalue weighted by Gasteiger charge is -2.20. The number of fused-ring (bicyclic) bond motifs is 1. The minimum Gasteiger partial charge on any atom is -0.378 e. The molecule has 2 aromatic carbocycles. The van der Waals surface area contributed by atoms with Crippen LogP contribution in [0, 0.1) is 5.41 Å². The summed E-state index contributed by atoms with van der Waals surface area (Å²) >= 11 is 6.52.